The van der Waals surface area contributed by atoms with Gasteiger partial charge in [-0.15, -0.1) is 0 Å². The van der Waals surface area contributed by atoms with Crippen LogP contribution in [0.2, 0.25) is 0 Å². The number of Topliss-reactive ketones (excluding diaryl/α,β-unsaturated/α-hetero) is 1. The molecule has 0 radical (unpaired) electrons. The number of carbonyl (C=O) groups is 2. The molecule has 9 nitrogen and oxygen atoms in total. The molecule has 0 saturated carbocycles. The first-order chi connectivity index (χ1) is 20.0. The van der Waals surface area contributed by atoms with Gasteiger partial charge in [-0.05, 0) is 54.4 Å². The minimum absolute atomic E-state index is 0.0110. The first-order valence-electron chi connectivity index (χ1n) is 13.8. The van der Waals surface area contributed by atoms with E-state index in [9.17, 15) is 19.8 Å². The van der Waals surface area contributed by atoms with Crippen LogP contribution in [0.5, 0.6) is 17.2 Å². The standard InChI is InChI=1S/C32H34N2O7/c1-2-40-27-20-24(10-13-26(27)35)29-28(31(37)32(38)34(29)15-14-33-16-18-39-19-17-33)30(36)23-8-11-25(12-9-23)41-21-22-6-4-3-5-7-22/h3-13,20,29,35-36H,2,14-19,21H2,1H3/b30-28+. The minimum atomic E-state index is -0.857. The van der Waals surface area contributed by atoms with Gasteiger partial charge in [0.25, 0.3) is 11.7 Å². The molecular formula is C32H34N2O7. The zero-order chi connectivity index (χ0) is 28.8. The number of ether oxygens (including phenoxy) is 3. The highest BCUT2D eigenvalue weighted by atomic mass is 16.5. The van der Waals surface area contributed by atoms with Crippen LogP contribution in [0.4, 0.5) is 0 Å². The maximum Gasteiger partial charge on any atom is 0.295 e. The van der Waals surface area contributed by atoms with Gasteiger partial charge in [0.1, 0.15) is 18.1 Å². The third-order valence-electron chi connectivity index (χ3n) is 7.28. The Kier molecular flexibility index (Phi) is 8.86. The highest BCUT2D eigenvalue weighted by Gasteiger charge is 2.46. The van der Waals surface area contributed by atoms with Gasteiger partial charge in [0.2, 0.25) is 0 Å². The van der Waals surface area contributed by atoms with Gasteiger partial charge in [-0.25, -0.2) is 0 Å². The molecule has 3 aromatic rings. The molecule has 2 fully saturated rings. The molecule has 41 heavy (non-hydrogen) atoms. The maximum atomic E-state index is 13.4. The minimum Gasteiger partial charge on any atom is -0.507 e. The number of aliphatic hydroxyl groups is 1. The number of morpholine rings is 1. The predicted octanol–water partition coefficient (Wildman–Crippen LogP) is 4.12. The number of aliphatic hydroxyl groups excluding tert-OH is 1. The van der Waals surface area contributed by atoms with Crippen molar-refractivity contribution in [2.75, 3.05) is 46.0 Å². The van der Waals surface area contributed by atoms with Crippen LogP contribution in [-0.2, 0) is 20.9 Å². The summed E-state index contributed by atoms with van der Waals surface area (Å²) >= 11 is 0. The third kappa shape index (κ3) is 6.37. The Morgan fingerprint density at radius 3 is 2.39 bits per heavy atom. The molecule has 3 aromatic carbocycles. The van der Waals surface area contributed by atoms with Crippen LogP contribution >= 0.6 is 0 Å². The second kappa shape index (κ2) is 12.9. The van der Waals surface area contributed by atoms with Crippen LogP contribution in [0.15, 0.2) is 78.4 Å². The van der Waals surface area contributed by atoms with Crippen LogP contribution in [0.3, 0.4) is 0 Å². The highest BCUT2D eigenvalue weighted by molar-refractivity contribution is 6.46. The SMILES string of the molecule is CCOc1cc(C2/C(=C(\O)c3ccc(OCc4ccccc4)cc3)C(=O)C(=O)N2CCN2CCOCC2)ccc1O. The molecule has 0 bridgehead atoms. The van der Waals surface area contributed by atoms with Crippen molar-refractivity contribution < 1.29 is 34.0 Å². The summed E-state index contributed by atoms with van der Waals surface area (Å²) < 4.78 is 16.9. The number of rotatable bonds is 10. The lowest BCUT2D eigenvalue weighted by molar-refractivity contribution is -0.140. The molecule has 2 heterocycles. The number of phenols is 1. The molecule has 5 rings (SSSR count). The molecule has 214 valence electrons. The van der Waals surface area contributed by atoms with E-state index in [1.54, 1.807) is 43.3 Å². The fourth-order valence-corrected chi connectivity index (χ4v) is 5.11. The number of hydrogen-bond acceptors (Lipinski definition) is 8. The number of nitrogens with zero attached hydrogens (tertiary/aromatic N) is 2. The second-order valence-electron chi connectivity index (χ2n) is 9.91. The van der Waals surface area contributed by atoms with Crippen LogP contribution in [-0.4, -0.2) is 77.7 Å². The number of amides is 1. The van der Waals surface area contributed by atoms with Crippen molar-refractivity contribution >= 4 is 17.4 Å². The molecule has 1 unspecified atom stereocenters. The van der Waals surface area contributed by atoms with Gasteiger partial charge in [0, 0.05) is 31.7 Å². The summed E-state index contributed by atoms with van der Waals surface area (Å²) in [6.07, 6.45) is 0. The summed E-state index contributed by atoms with van der Waals surface area (Å²) in [5, 5.41) is 21.7. The van der Waals surface area contributed by atoms with Gasteiger partial charge >= 0.3 is 0 Å². The lowest BCUT2D eigenvalue weighted by Gasteiger charge is -2.31. The molecule has 2 N–H and O–H groups in total. The van der Waals surface area contributed by atoms with Crippen molar-refractivity contribution in [3.05, 3.63) is 95.1 Å². The molecule has 2 saturated heterocycles. The van der Waals surface area contributed by atoms with Gasteiger partial charge < -0.3 is 29.3 Å². The summed E-state index contributed by atoms with van der Waals surface area (Å²) in [6.45, 7) is 6.05. The fourth-order valence-electron chi connectivity index (χ4n) is 5.11. The van der Waals surface area contributed by atoms with Crippen molar-refractivity contribution in [2.45, 2.75) is 19.6 Å². The van der Waals surface area contributed by atoms with Crippen molar-refractivity contribution in [2.24, 2.45) is 0 Å². The lowest BCUT2D eigenvalue weighted by Crippen LogP contribution is -2.42. The van der Waals surface area contributed by atoms with Crippen molar-refractivity contribution in [1.29, 1.82) is 0 Å². The summed E-state index contributed by atoms with van der Waals surface area (Å²) in [7, 11) is 0. The van der Waals surface area contributed by atoms with Gasteiger partial charge in [0.15, 0.2) is 11.5 Å². The zero-order valence-corrected chi connectivity index (χ0v) is 23.0. The van der Waals surface area contributed by atoms with E-state index in [1.165, 1.54) is 11.0 Å². The Hall–Kier alpha value is -4.34. The van der Waals surface area contributed by atoms with Crippen LogP contribution in [0.25, 0.3) is 5.76 Å². The molecular weight excluding hydrogens is 524 g/mol. The number of carbonyl (C=O) groups excluding carboxylic acids is 2. The van der Waals surface area contributed by atoms with Gasteiger partial charge in [-0.1, -0.05) is 36.4 Å². The Morgan fingerprint density at radius 1 is 0.951 bits per heavy atom. The lowest BCUT2D eigenvalue weighted by atomic mass is 9.95. The number of ketones is 1. The van der Waals surface area contributed by atoms with Crippen molar-refractivity contribution in [1.82, 2.24) is 9.80 Å². The van der Waals surface area contributed by atoms with E-state index in [2.05, 4.69) is 4.90 Å². The molecule has 0 aromatic heterocycles. The predicted molar refractivity (Wildman–Crippen MR) is 153 cm³/mol. The van der Waals surface area contributed by atoms with E-state index in [0.29, 0.717) is 49.8 Å². The molecule has 2 aliphatic heterocycles. The molecule has 2 aliphatic rings. The van der Waals surface area contributed by atoms with E-state index in [0.717, 1.165) is 18.7 Å². The van der Waals surface area contributed by atoms with E-state index in [-0.39, 0.29) is 29.4 Å². The highest BCUT2D eigenvalue weighted by Crippen LogP contribution is 2.42. The van der Waals surface area contributed by atoms with E-state index < -0.39 is 17.7 Å². The maximum absolute atomic E-state index is 13.4. The fraction of sp³-hybridized carbons (Fsp3) is 0.312. The summed E-state index contributed by atoms with van der Waals surface area (Å²) in [4.78, 5) is 30.4. The largest absolute Gasteiger partial charge is 0.507 e. The van der Waals surface area contributed by atoms with Crippen LogP contribution in [0, 0.1) is 0 Å². The summed E-state index contributed by atoms with van der Waals surface area (Å²) in [6, 6.07) is 20.4. The Labute approximate surface area is 239 Å². The molecule has 1 amide bonds. The number of aromatic hydroxyl groups is 1. The van der Waals surface area contributed by atoms with Gasteiger partial charge in [-0.2, -0.15) is 0 Å². The Bertz CT molecular complexity index is 1400. The zero-order valence-electron chi connectivity index (χ0n) is 23.0. The second-order valence-corrected chi connectivity index (χ2v) is 9.91. The Morgan fingerprint density at radius 2 is 1.68 bits per heavy atom. The average Bonchev–Trinajstić information content (AvgIpc) is 3.26. The van der Waals surface area contributed by atoms with Gasteiger partial charge in [-0.3, -0.25) is 14.5 Å². The monoisotopic (exact) mass is 558 g/mol. The van der Waals surface area contributed by atoms with Crippen molar-refractivity contribution in [3.63, 3.8) is 0 Å². The Balaban J connectivity index is 1.46. The molecule has 0 aliphatic carbocycles. The number of benzene rings is 3. The smallest absolute Gasteiger partial charge is 0.295 e. The summed E-state index contributed by atoms with van der Waals surface area (Å²) in [5.74, 6) is -0.921. The molecule has 1 atom stereocenters. The molecule has 0 spiro atoms. The van der Waals surface area contributed by atoms with Crippen molar-refractivity contribution in [3.8, 4) is 17.2 Å². The van der Waals surface area contributed by atoms with E-state index >= 15 is 0 Å². The topological polar surface area (TPSA) is 109 Å². The summed E-state index contributed by atoms with van der Waals surface area (Å²) in [5.41, 5.74) is 1.95. The number of phenolic OH excluding ortho intramolecular Hbond substituents is 1. The van der Waals surface area contributed by atoms with E-state index in [4.69, 9.17) is 14.2 Å². The average molecular weight is 559 g/mol. The first-order valence-corrected chi connectivity index (χ1v) is 13.8. The van der Waals surface area contributed by atoms with E-state index in [1.807, 2.05) is 30.3 Å². The molecule has 9 heteroatoms. The first kappa shape index (κ1) is 28.2. The third-order valence-corrected chi connectivity index (χ3v) is 7.28. The number of hydrogen-bond donors (Lipinski definition) is 2. The number of likely N-dealkylation sites (tertiary alicyclic amines) is 1. The van der Waals surface area contributed by atoms with Crippen LogP contribution in [0.1, 0.15) is 29.7 Å². The quantitative estimate of drug-likeness (QED) is 0.217. The van der Waals surface area contributed by atoms with Gasteiger partial charge in [0.05, 0.1) is 31.4 Å². The normalized spacial score (nSPS) is 19.0. The van der Waals surface area contributed by atoms with Crippen LogP contribution < -0.4 is 9.47 Å².